The van der Waals surface area contributed by atoms with Gasteiger partial charge in [-0.05, 0) is 178 Å². The van der Waals surface area contributed by atoms with Crippen molar-refractivity contribution in [1.29, 1.82) is 0 Å². The summed E-state index contributed by atoms with van der Waals surface area (Å²) < 4.78 is 15.1. The highest BCUT2D eigenvalue weighted by molar-refractivity contribution is 7.22. The number of aromatic nitrogens is 2. The van der Waals surface area contributed by atoms with Crippen molar-refractivity contribution in [3.8, 4) is 50.3 Å². The van der Waals surface area contributed by atoms with Crippen LogP contribution < -0.4 is 19.9 Å². The summed E-state index contributed by atoms with van der Waals surface area (Å²) in [7, 11) is 1.74. The Kier molecular flexibility index (Phi) is 11.9. The van der Waals surface area contributed by atoms with Crippen LogP contribution in [-0.2, 0) is 12.6 Å². The number of phenolic OH excluding ortho intramolecular Hbond substituents is 2. The van der Waals surface area contributed by atoms with E-state index in [1.54, 1.807) is 74.1 Å². The number of pyridine rings is 1. The number of aryl methyl sites for hydroxylation is 1. The number of rotatable bonds is 14. The number of thiophene rings is 1. The summed E-state index contributed by atoms with van der Waals surface area (Å²) in [6.07, 6.45) is 7.22. The van der Waals surface area contributed by atoms with E-state index in [0.717, 1.165) is 87.0 Å². The fourth-order valence-electron chi connectivity index (χ4n) is 9.66. The maximum Gasteiger partial charge on any atom is 0.274 e. The molecule has 4 N–H and O–H groups in total. The van der Waals surface area contributed by atoms with Crippen LogP contribution in [0.1, 0.15) is 54.6 Å². The Hall–Kier alpha value is -6.86. The van der Waals surface area contributed by atoms with Gasteiger partial charge in [0.15, 0.2) is 5.78 Å². The van der Waals surface area contributed by atoms with Crippen LogP contribution in [0.25, 0.3) is 42.6 Å². The molecular formula is C55H54N4O7S. The largest absolute Gasteiger partial charge is 0.508 e. The highest BCUT2D eigenvalue weighted by Crippen LogP contribution is 2.43. The number of ketones is 1. The number of carbonyl (C=O) groups is 1. The lowest BCUT2D eigenvalue weighted by atomic mass is 9.83. The third-order valence-electron chi connectivity index (χ3n) is 13.5. The minimum absolute atomic E-state index is 0.105. The van der Waals surface area contributed by atoms with Gasteiger partial charge in [-0.1, -0.05) is 6.07 Å². The van der Waals surface area contributed by atoms with Crippen molar-refractivity contribution in [1.82, 2.24) is 14.5 Å². The number of hydrogen-bond acceptors (Lipinski definition) is 10. The number of aliphatic hydroxyl groups is 1. The topological polar surface area (TPSA) is 140 Å². The fraction of sp³-hybridized carbons (Fsp3) is 0.273. The highest BCUT2D eigenvalue weighted by atomic mass is 32.1. The zero-order chi connectivity index (χ0) is 46.4. The Morgan fingerprint density at radius 3 is 2.25 bits per heavy atom. The first-order valence-corrected chi connectivity index (χ1v) is 23.8. The average molecular weight is 915 g/mol. The van der Waals surface area contributed by atoms with Crippen molar-refractivity contribution < 1.29 is 29.6 Å². The van der Waals surface area contributed by atoms with Crippen molar-refractivity contribution in [2.24, 2.45) is 18.9 Å². The third-order valence-corrected chi connectivity index (χ3v) is 14.7. The van der Waals surface area contributed by atoms with Gasteiger partial charge in [0.25, 0.3) is 5.56 Å². The molecule has 5 aromatic carbocycles. The zero-order valence-electron chi connectivity index (χ0n) is 37.9. The number of fused-ring (bicyclic) bond motifs is 2. The van der Waals surface area contributed by atoms with Crippen molar-refractivity contribution in [2.75, 3.05) is 44.2 Å². The van der Waals surface area contributed by atoms with Crippen LogP contribution in [0, 0.1) is 11.8 Å². The number of piperidine rings is 1. The molecule has 2 aliphatic heterocycles. The molecule has 2 aliphatic rings. The monoisotopic (exact) mass is 914 g/mol. The number of likely N-dealkylation sites (tertiary alicyclic amines) is 1. The zero-order valence-corrected chi connectivity index (χ0v) is 38.7. The molecule has 0 atom stereocenters. The third kappa shape index (κ3) is 9.17. The van der Waals surface area contributed by atoms with E-state index < -0.39 is 5.60 Å². The summed E-state index contributed by atoms with van der Waals surface area (Å²) in [5.41, 5.74) is 4.89. The fourth-order valence-corrected chi connectivity index (χ4v) is 10.9. The molecule has 0 radical (unpaired) electrons. The summed E-state index contributed by atoms with van der Waals surface area (Å²) in [4.78, 5) is 35.6. The van der Waals surface area contributed by atoms with Gasteiger partial charge >= 0.3 is 0 Å². The maximum absolute atomic E-state index is 14.0. The Bertz CT molecular complexity index is 3130. The number of carbonyl (C=O) groups excluding carboxylic acids is 1. The second-order valence-electron chi connectivity index (χ2n) is 18.6. The van der Waals surface area contributed by atoms with Crippen LogP contribution >= 0.6 is 11.3 Å². The number of aromatic hydroxyl groups is 2. The van der Waals surface area contributed by atoms with Crippen molar-refractivity contribution in [3.63, 3.8) is 0 Å². The predicted octanol–water partition coefficient (Wildman–Crippen LogP) is 10.7. The summed E-state index contributed by atoms with van der Waals surface area (Å²) in [5, 5.41) is 32.4. The van der Waals surface area contributed by atoms with E-state index in [4.69, 9.17) is 9.47 Å². The van der Waals surface area contributed by atoms with Crippen LogP contribution in [0.3, 0.4) is 0 Å². The molecule has 8 aromatic rings. The lowest BCUT2D eigenvalue weighted by Gasteiger charge is -2.43. The van der Waals surface area contributed by atoms with Gasteiger partial charge in [-0.15, -0.1) is 11.3 Å². The van der Waals surface area contributed by atoms with Crippen molar-refractivity contribution >= 4 is 43.8 Å². The molecule has 0 aliphatic carbocycles. The van der Waals surface area contributed by atoms with E-state index in [1.807, 2.05) is 66.9 Å². The second-order valence-corrected chi connectivity index (χ2v) is 19.7. The maximum atomic E-state index is 14.0. The molecule has 12 heteroatoms. The minimum Gasteiger partial charge on any atom is -0.508 e. The van der Waals surface area contributed by atoms with Gasteiger partial charge in [0.2, 0.25) is 0 Å². The van der Waals surface area contributed by atoms with Crippen LogP contribution in [0.15, 0.2) is 132 Å². The van der Waals surface area contributed by atoms with Gasteiger partial charge in [-0.2, -0.15) is 0 Å². The molecule has 342 valence electrons. The molecule has 2 fully saturated rings. The van der Waals surface area contributed by atoms with E-state index >= 15 is 0 Å². The Morgan fingerprint density at radius 1 is 0.806 bits per heavy atom. The lowest BCUT2D eigenvalue weighted by Crippen LogP contribution is -2.48. The molecule has 5 heterocycles. The van der Waals surface area contributed by atoms with Gasteiger partial charge in [0, 0.05) is 87.4 Å². The van der Waals surface area contributed by atoms with Gasteiger partial charge in [0.05, 0.1) is 5.60 Å². The molecule has 2 saturated heterocycles. The number of anilines is 1. The van der Waals surface area contributed by atoms with Gasteiger partial charge in [-0.25, -0.2) is 0 Å². The van der Waals surface area contributed by atoms with E-state index in [9.17, 15) is 24.9 Å². The number of benzene rings is 5. The average Bonchev–Trinajstić information content (AvgIpc) is 3.96. The standard InChI is InChI=1S/C55H54N4O7S/c1-55(2,64)38-8-19-48(46(29-38)47-33-57(3)54(63)51-44(47)20-23-56-51)66-43-16-9-39(10-17-43)59-31-35(32-59)28-34-21-24-58(25-22-34)26-27-65-42-14-6-36(7-15-42)52(62)50-45-18-13-41(61)30-49(45)67-53(50)37-4-11-40(60)12-5-37/h4-20,23,29-30,33-35,56,60-61,64H,21-22,24-28,31-32H2,1-3H3. The number of hydrogen-bond donors (Lipinski definition) is 4. The predicted molar refractivity (Wildman–Crippen MR) is 266 cm³/mol. The van der Waals surface area contributed by atoms with Gasteiger partial charge < -0.3 is 39.2 Å². The van der Waals surface area contributed by atoms with Crippen LogP contribution in [0.2, 0.25) is 0 Å². The molecule has 0 spiro atoms. The summed E-state index contributed by atoms with van der Waals surface area (Å²) in [5.74, 6) is 3.68. The van der Waals surface area contributed by atoms with Crippen LogP contribution in [0.4, 0.5) is 5.69 Å². The quantitative estimate of drug-likeness (QED) is 0.0785. The van der Waals surface area contributed by atoms with E-state index in [2.05, 4.69) is 26.9 Å². The van der Waals surface area contributed by atoms with Crippen molar-refractivity contribution in [2.45, 2.75) is 38.7 Å². The number of ether oxygens (including phenoxy) is 2. The highest BCUT2D eigenvalue weighted by Gasteiger charge is 2.31. The van der Waals surface area contributed by atoms with Crippen molar-refractivity contribution in [3.05, 3.63) is 155 Å². The SMILES string of the molecule is Cn1cc(-c2cc(C(C)(C)O)ccc2Oc2ccc(N3CC(CC4CCN(CCOc5ccc(C(=O)c6c(-c7ccc(O)cc7)sc7cc(O)ccc67)cc5)CC4)C3)cc2)c2cc[nH]c2c1=O. The Labute approximate surface area is 393 Å². The first-order valence-electron chi connectivity index (χ1n) is 23.0. The molecule has 10 rings (SSSR count). The number of nitrogens with zero attached hydrogens (tertiary/aromatic N) is 3. The smallest absolute Gasteiger partial charge is 0.274 e. The Morgan fingerprint density at radius 2 is 1.52 bits per heavy atom. The molecule has 11 nitrogen and oxygen atoms in total. The summed E-state index contributed by atoms with van der Waals surface area (Å²) in [6.45, 7) is 9.18. The van der Waals surface area contributed by atoms with E-state index in [-0.39, 0.29) is 22.8 Å². The molecule has 0 bridgehead atoms. The van der Waals surface area contributed by atoms with Gasteiger partial charge in [-0.3, -0.25) is 14.5 Å². The molecule has 67 heavy (non-hydrogen) atoms. The Balaban J connectivity index is 0.688. The van der Waals surface area contributed by atoms with E-state index in [1.165, 1.54) is 36.3 Å². The van der Waals surface area contributed by atoms with Crippen LogP contribution in [-0.4, -0.2) is 74.9 Å². The molecule has 0 unspecified atom stereocenters. The normalized spacial score (nSPS) is 15.0. The minimum atomic E-state index is -1.06. The number of nitrogens with one attached hydrogen (secondary N) is 1. The van der Waals surface area contributed by atoms with Gasteiger partial charge in [0.1, 0.15) is 40.9 Å². The summed E-state index contributed by atoms with van der Waals surface area (Å²) >= 11 is 1.45. The number of H-pyrrole nitrogens is 1. The number of aromatic amines is 1. The first-order chi connectivity index (χ1) is 32.3. The second kappa shape index (κ2) is 18.1. The van der Waals surface area contributed by atoms with E-state index in [0.29, 0.717) is 40.7 Å². The summed E-state index contributed by atoms with van der Waals surface area (Å²) in [6, 6.07) is 35.1. The number of phenols is 2. The lowest BCUT2D eigenvalue weighted by molar-refractivity contribution is 0.0786. The molecular weight excluding hydrogens is 861 g/mol. The molecule has 0 amide bonds. The van der Waals surface area contributed by atoms with Crippen LogP contribution in [0.5, 0.6) is 28.7 Å². The molecule has 3 aromatic heterocycles. The molecule has 0 saturated carbocycles. The first kappa shape index (κ1) is 44.0.